The first kappa shape index (κ1) is 71.2. The van der Waals surface area contributed by atoms with E-state index in [9.17, 15) is 0 Å². The van der Waals surface area contributed by atoms with E-state index in [1.807, 2.05) is 175 Å². The van der Waals surface area contributed by atoms with E-state index in [2.05, 4.69) is 241 Å². The first-order valence-corrected chi connectivity index (χ1v) is 41.4. The van der Waals surface area contributed by atoms with Crippen molar-refractivity contribution in [3.63, 3.8) is 0 Å². The van der Waals surface area contributed by atoms with Crippen LogP contribution in [0.1, 0.15) is 239 Å². The van der Waals surface area contributed by atoms with Crippen LogP contribution in [0.2, 0.25) is 0 Å². The van der Waals surface area contributed by atoms with Crippen molar-refractivity contribution in [2.75, 3.05) is 0 Å². The molecular formula is C112H128N8. The van der Waals surface area contributed by atoms with Gasteiger partial charge in [0.1, 0.15) is 11.6 Å². The molecule has 0 aliphatic heterocycles. The fourth-order valence-corrected chi connectivity index (χ4v) is 15.1. The van der Waals surface area contributed by atoms with Gasteiger partial charge in [-0.3, -0.25) is 29.1 Å². The average molecular weight is 1600 g/mol. The molecule has 8 aromatic carbocycles. The van der Waals surface area contributed by atoms with E-state index in [1.165, 1.54) is 45.9 Å². The average Bonchev–Trinajstić information content (AvgIpc) is 1.67. The summed E-state index contributed by atoms with van der Waals surface area (Å²) in [4.78, 5) is 27.7. The number of fused-ring (bicyclic) bond motifs is 6. The largest absolute Gasteiger partial charge is 0.294 e. The minimum Gasteiger partial charge on any atom is -0.294 e. The summed E-state index contributed by atoms with van der Waals surface area (Å²) in [6.07, 6.45) is -4.37. The Balaban J connectivity index is 0.000000157. The van der Waals surface area contributed by atoms with Gasteiger partial charge in [-0.1, -0.05) is 371 Å². The van der Waals surface area contributed by atoms with Crippen molar-refractivity contribution in [2.24, 2.45) is 0 Å². The molecule has 0 bridgehead atoms. The van der Waals surface area contributed by atoms with Gasteiger partial charge in [0.25, 0.3) is 0 Å². The summed E-state index contributed by atoms with van der Waals surface area (Å²) in [5.41, 5.74) is 19.0. The Labute approximate surface area is 737 Å². The number of aromatic nitrogens is 8. The minimum atomic E-state index is -2.31. The minimum absolute atomic E-state index is 0.0591. The number of para-hydroxylation sites is 4. The molecule has 0 atom stereocenters. The maximum atomic E-state index is 8.42. The molecule has 0 radical (unpaired) electrons. The highest BCUT2D eigenvalue weighted by Crippen LogP contribution is 2.41. The van der Waals surface area contributed by atoms with E-state index in [0.717, 1.165) is 95.0 Å². The summed E-state index contributed by atoms with van der Waals surface area (Å²) in [5.74, 6) is 1.71. The molecule has 8 heterocycles. The molecule has 120 heavy (non-hydrogen) atoms. The Kier molecular flexibility index (Phi) is 22.6. The van der Waals surface area contributed by atoms with Gasteiger partial charge in [0, 0.05) is 103 Å². The van der Waals surface area contributed by atoms with Crippen molar-refractivity contribution < 1.29 is 19.2 Å². The lowest BCUT2D eigenvalue weighted by atomic mass is 9.79. The molecule has 0 saturated heterocycles. The van der Waals surface area contributed by atoms with Crippen molar-refractivity contribution in [3.05, 3.63) is 359 Å². The molecule has 616 valence electrons. The summed E-state index contributed by atoms with van der Waals surface area (Å²) in [7, 11) is 0. The lowest BCUT2D eigenvalue weighted by molar-refractivity contribution is 0.563. The molecular weight excluding hydrogens is 1460 g/mol. The van der Waals surface area contributed by atoms with Crippen LogP contribution >= 0.6 is 0 Å². The van der Waals surface area contributed by atoms with Gasteiger partial charge in [0.05, 0.1) is 44.8 Å². The van der Waals surface area contributed by atoms with E-state index in [1.54, 1.807) is 39.1 Å². The highest BCUT2D eigenvalue weighted by molar-refractivity contribution is 6.10. The molecule has 0 amide bonds. The third-order valence-electron chi connectivity index (χ3n) is 20.8. The zero-order valence-electron chi connectivity index (χ0n) is 88.3. The molecule has 8 aromatic heterocycles. The van der Waals surface area contributed by atoms with Gasteiger partial charge in [-0.05, 0) is 172 Å². The van der Waals surface area contributed by atoms with Crippen LogP contribution in [0.25, 0.3) is 100 Å². The molecule has 16 rings (SSSR count). The van der Waals surface area contributed by atoms with E-state index >= 15 is 0 Å². The molecule has 8 nitrogen and oxygen atoms in total. The number of hydrogen-bond donors (Lipinski definition) is 0. The zero-order chi connectivity index (χ0) is 98.7. The maximum absolute atomic E-state index is 8.42. The van der Waals surface area contributed by atoms with Crippen LogP contribution in [0.5, 0.6) is 0 Å². The first-order chi connectivity index (χ1) is 62.1. The van der Waals surface area contributed by atoms with Crippen LogP contribution in [-0.4, -0.2) is 39.0 Å². The van der Waals surface area contributed by atoms with Gasteiger partial charge in [-0.15, -0.1) is 0 Å². The van der Waals surface area contributed by atoms with Crippen molar-refractivity contribution in [3.8, 4) is 56.4 Å². The molecule has 0 unspecified atom stereocenters. The smallest absolute Gasteiger partial charge is 0.137 e. The van der Waals surface area contributed by atoms with E-state index in [-0.39, 0.29) is 43.9 Å². The van der Waals surface area contributed by atoms with Crippen LogP contribution < -0.4 is 0 Å². The van der Waals surface area contributed by atoms with Crippen LogP contribution in [-0.2, 0) is 58.0 Å². The molecule has 0 N–H and O–H groups in total. The second-order valence-electron chi connectivity index (χ2n) is 36.2. The SMILES string of the molecule is CC(C)(C)c1nc(-n2c3ccccc3c3ccccc32)ccc1-c1ccccc1.[2H]C([2H])(C)c1nc(-c2ccccc2)cc(-c2ccccc2)c1C(C)(C)C.[2H]C([2H])(C)c1nc(-c2ccccc2)ccc1C(C)(C)C.[2H]C([2H])(C)c1ncccc1C(C)(C)C.[2H]C([2H])([2H])c1ccc(-n2c3ccccc3c3ccccc32)nc1C(C)(C)C.[2H]C([2H])([2H])c1ccc(C(C)(C)C)c(C([2H])([2H])C)n1. The summed E-state index contributed by atoms with van der Waals surface area (Å²) in [6.45, 7) is 39.0. The molecule has 0 fully saturated rings. The van der Waals surface area contributed by atoms with Crippen LogP contribution in [0.15, 0.2) is 291 Å². The normalized spacial score (nSPS) is 14.2. The van der Waals surface area contributed by atoms with Gasteiger partial charge < -0.3 is 0 Å². The third-order valence-corrected chi connectivity index (χ3v) is 20.8. The Morgan fingerprint density at radius 1 is 0.283 bits per heavy atom. The van der Waals surface area contributed by atoms with E-state index in [0.29, 0.717) is 28.3 Å². The summed E-state index contributed by atoms with van der Waals surface area (Å²) in [6, 6.07) is 95.1. The first-order valence-electron chi connectivity index (χ1n) is 48.4. The maximum Gasteiger partial charge on any atom is 0.137 e. The number of hydrogen-bond acceptors (Lipinski definition) is 6. The van der Waals surface area contributed by atoms with Crippen LogP contribution in [0.3, 0.4) is 0 Å². The topological polar surface area (TPSA) is 87.2 Å². The second-order valence-corrected chi connectivity index (χ2v) is 36.2. The molecule has 0 saturated carbocycles. The standard InChI is InChI=1S/C27H24N2.C23H25N.C22H22N2.C17H21N.C12H19N.C11H17N/c1-27(2,3)26-20(19-11-5-4-6-12-19)17-18-25(28-26)29-23-15-9-7-13-21(23)22-14-8-10-16-24(22)29;1-5-20-22(23(2,3)4)19(17-12-8-6-9-13-17)16-21(24-20)18-14-10-7-11-15-18;1-15-13-14-20(23-21(15)22(2,3)4)24-18-11-7-5-9-16(18)17-10-6-8-12-19(17)24;1-5-15-14(17(2,3)4)11-12-16(18-15)13-9-7-6-8-10-13;1-6-11-10(12(3,4)5)8-7-9(2)13-11;1-5-10-9(11(2,3)4)7-6-8-12-10/h4-18H,1-3H3;6-16H,5H2,1-4H3;5-14H,1-4H3;6-12H,5H2,1-4H3;7-8H,6H2,1-5H3;6-8H,5H2,1-4H3/i;5D2;1D3;5D2;2D3,6D2;5D2. The van der Waals surface area contributed by atoms with Crippen molar-refractivity contribution in [1.82, 2.24) is 39.0 Å². The summed E-state index contributed by atoms with van der Waals surface area (Å²) >= 11 is 0. The number of benzene rings is 8. The van der Waals surface area contributed by atoms with Crippen LogP contribution in [0, 0.1) is 13.7 Å². The Bertz CT molecular complexity index is 6600. The Hall–Kier alpha value is -11.7. The van der Waals surface area contributed by atoms with Gasteiger partial charge in [-0.2, -0.15) is 0 Å². The van der Waals surface area contributed by atoms with Crippen LogP contribution in [0.4, 0.5) is 0 Å². The van der Waals surface area contributed by atoms with E-state index in [4.69, 9.17) is 34.1 Å². The second kappa shape index (κ2) is 38.1. The zero-order valence-corrected chi connectivity index (χ0v) is 74.3. The Morgan fingerprint density at radius 3 is 1.05 bits per heavy atom. The molecule has 0 aliphatic carbocycles. The number of aryl methyl sites for hydroxylation is 6. The predicted molar refractivity (Wildman–Crippen MR) is 515 cm³/mol. The molecule has 0 spiro atoms. The lowest BCUT2D eigenvalue weighted by Gasteiger charge is -2.26. The third kappa shape index (κ3) is 21.3. The monoisotopic (exact) mass is 1600 g/mol. The summed E-state index contributed by atoms with van der Waals surface area (Å²) in [5, 5.41) is 4.84. The molecule has 8 heteroatoms. The van der Waals surface area contributed by atoms with Gasteiger partial charge in [0.2, 0.25) is 0 Å². The quantitative estimate of drug-likeness (QED) is 0.136. The number of rotatable bonds is 10. The summed E-state index contributed by atoms with van der Waals surface area (Å²) < 4.78 is 114. The fourth-order valence-electron chi connectivity index (χ4n) is 15.1. The molecule has 16 aromatic rings. The highest BCUT2D eigenvalue weighted by atomic mass is 15.1. The van der Waals surface area contributed by atoms with Gasteiger partial charge >= 0.3 is 0 Å². The predicted octanol–water partition coefficient (Wildman–Crippen LogP) is 30.0. The van der Waals surface area contributed by atoms with E-state index < -0.39 is 39.2 Å². The van der Waals surface area contributed by atoms with Gasteiger partial charge in [0.15, 0.2) is 0 Å². The van der Waals surface area contributed by atoms with Gasteiger partial charge in [-0.25, -0.2) is 9.97 Å². The number of nitrogens with zero attached hydrogens (tertiary/aromatic N) is 8. The molecule has 0 aliphatic rings. The van der Waals surface area contributed by atoms with Crippen molar-refractivity contribution in [2.45, 2.75) is 224 Å². The lowest BCUT2D eigenvalue weighted by Crippen LogP contribution is -2.17. The van der Waals surface area contributed by atoms with Crippen molar-refractivity contribution >= 4 is 43.6 Å². The Morgan fingerprint density at radius 2 is 0.650 bits per heavy atom. The highest BCUT2D eigenvalue weighted by Gasteiger charge is 2.28. The number of pyridine rings is 6. The fraction of sp³-hybridized carbons (Fsp3) is 0.304. The van der Waals surface area contributed by atoms with Crippen molar-refractivity contribution in [1.29, 1.82) is 0 Å².